The number of benzene rings is 2. The molecular weight excluding hydrogens is 505 g/mol. The van der Waals surface area contributed by atoms with Crippen LogP contribution in [0.2, 0.25) is 0 Å². The van der Waals surface area contributed by atoms with E-state index in [0.29, 0.717) is 25.6 Å². The molecule has 0 radical (unpaired) electrons. The first-order valence-electron chi connectivity index (χ1n) is 14.3. The van der Waals surface area contributed by atoms with Crippen LogP contribution in [0.5, 0.6) is 5.75 Å². The first-order valence-corrected chi connectivity index (χ1v) is 14.3. The number of carboxylic acids is 1. The zero-order valence-electron chi connectivity index (χ0n) is 23.1. The molecule has 6 rings (SSSR count). The number of hydrogen-bond donors (Lipinski definition) is 1. The van der Waals surface area contributed by atoms with Crippen LogP contribution in [0, 0.1) is 0 Å². The third kappa shape index (κ3) is 4.99. The van der Waals surface area contributed by atoms with E-state index in [-0.39, 0.29) is 11.5 Å². The predicted molar refractivity (Wildman–Crippen MR) is 155 cm³/mol. The van der Waals surface area contributed by atoms with Crippen molar-refractivity contribution in [3.8, 4) is 17.0 Å². The molecule has 0 spiro atoms. The van der Waals surface area contributed by atoms with Crippen LogP contribution >= 0.6 is 0 Å². The number of aromatic nitrogens is 2. The molecule has 1 N–H and O–H groups in total. The summed E-state index contributed by atoms with van der Waals surface area (Å²) < 4.78 is 24.1. The van der Waals surface area contributed by atoms with Crippen molar-refractivity contribution in [1.29, 1.82) is 0 Å². The maximum absolute atomic E-state index is 15.6. The molecule has 4 aromatic rings. The van der Waals surface area contributed by atoms with Crippen LogP contribution in [0.3, 0.4) is 0 Å². The van der Waals surface area contributed by atoms with E-state index in [2.05, 4.69) is 40.4 Å². The number of carbonyl (C=O) groups is 1. The minimum atomic E-state index is -0.953. The monoisotopic (exact) mass is 541 g/mol. The second-order valence-electron chi connectivity index (χ2n) is 11.4. The first-order chi connectivity index (χ1) is 19.4. The van der Waals surface area contributed by atoms with Crippen LogP contribution in [0.25, 0.3) is 22.2 Å². The lowest BCUT2D eigenvalue weighted by Crippen LogP contribution is -2.35. The van der Waals surface area contributed by atoms with Gasteiger partial charge in [0, 0.05) is 66.0 Å². The fourth-order valence-electron chi connectivity index (χ4n) is 6.46. The lowest BCUT2D eigenvalue weighted by molar-refractivity contribution is 0.0697. The van der Waals surface area contributed by atoms with E-state index < -0.39 is 12.1 Å². The van der Waals surface area contributed by atoms with Crippen LogP contribution in [0.1, 0.15) is 72.5 Å². The molecule has 3 heterocycles. The molecule has 2 aromatic carbocycles. The minimum absolute atomic E-state index is 0.210. The van der Waals surface area contributed by atoms with Gasteiger partial charge in [-0.25, -0.2) is 9.18 Å². The summed E-state index contributed by atoms with van der Waals surface area (Å²) in [6.07, 6.45) is 5.92. The number of fused-ring (bicyclic) bond motifs is 5. The van der Waals surface area contributed by atoms with E-state index in [1.54, 1.807) is 18.3 Å². The van der Waals surface area contributed by atoms with Gasteiger partial charge in [0.15, 0.2) is 0 Å². The number of alkyl halides is 1. The predicted octanol–water partition coefficient (Wildman–Crippen LogP) is 7.20. The molecule has 2 aromatic heterocycles. The molecule has 0 unspecified atom stereocenters. The highest BCUT2D eigenvalue weighted by molar-refractivity contribution is 5.98. The van der Waals surface area contributed by atoms with Gasteiger partial charge in [0.25, 0.3) is 0 Å². The molecule has 0 bridgehead atoms. The van der Waals surface area contributed by atoms with Gasteiger partial charge in [-0.05, 0) is 74.2 Å². The second-order valence-corrected chi connectivity index (χ2v) is 11.4. The molecule has 208 valence electrons. The van der Waals surface area contributed by atoms with Gasteiger partial charge in [-0.3, -0.25) is 9.88 Å². The van der Waals surface area contributed by atoms with Gasteiger partial charge in [0.2, 0.25) is 0 Å². The van der Waals surface area contributed by atoms with Crippen molar-refractivity contribution in [2.45, 2.75) is 77.4 Å². The Hall–Kier alpha value is -3.71. The average molecular weight is 542 g/mol. The summed E-state index contributed by atoms with van der Waals surface area (Å²) >= 11 is 0. The van der Waals surface area contributed by atoms with Crippen molar-refractivity contribution in [3.05, 3.63) is 83.2 Å². The molecule has 1 saturated carbocycles. The normalized spacial score (nSPS) is 19.6. The fraction of sp³-hybridized carbons (Fsp3) is 0.394. The Morgan fingerprint density at radius 3 is 2.73 bits per heavy atom. The van der Waals surface area contributed by atoms with E-state index >= 15 is 4.39 Å². The zero-order chi connectivity index (χ0) is 27.8. The van der Waals surface area contributed by atoms with Gasteiger partial charge in [0.05, 0.1) is 11.3 Å². The second kappa shape index (κ2) is 11.0. The highest BCUT2D eigenvalue weighted by Crippen LogP contribution is 2.47. The topological polar surface area (TPSA) is 67.6 Å². The number of carboxylic acid groups (broad SMARTS) is 1. The Morgan fingerprint density at radius 2 is 1.98 bits per heavy atom. The van der Waals surface area contributed by atoms with E-state index in [4.69, 9.17) is 4.74 Å². The number of rotatable bonds is 6. The molecule has 1 aliphatic carbocycles. The van der Waals surface area contributed by atoms with Gasteiger partial charge in [-0.15, -0.1) is 0 Å². The van der Waals surface area contributed by atoms with E-state index in [1.807, 2.05) is 30.5 Å². The van der Waals surface area contributed by atoms with Crippen molar-refractivity contribution < 1.29 is 19.0 Å². The van der Waals surface area contributed by atoms with E-state index in [9.17, 15) is 9.90 Å². The lowest BCUT2D eigenvalue weighted by atomic mass is 9.80. The van der Waals surface area contributed by atoms with E-state index in [1.165, 1.54) is 0 Å². The summed E-state index contributed by atoms with van der Waals surface area (Å²) in [5, 5.41) is 10.8. The van der Waals surface area contributed by atoms with E-state index in [0.717, 1.165) is 77.0 Å². The third-order valence-corrected chi connectivity index (χ3v) is 8.58. The van der Waals surface area contributed by atoms with Gasteiger partial charge >= 0.3 is 5.97 Å². The highest BCUT2D eigenvalue weighted by atomic mass is 19.1. The summed E-state index contributed by atoms with van der Waals surface area (Å²) in [7, 11) is 0. The number of hydrogen-bond acceptors (Lipinski definition) is 4. The molecule has 1 fully saturated rings. The summed E-state index contributed by atoms with van der Waals surface area (Å²) in [6.45, 7) is 7.08. The van der Waals surface area contributed by atoms with Gasteiger partial charge in [-0.1, -0.05) is 25.0 Å². The number of ether oxygens (including phenoxy) is 1. The summed E-state index contributed by atoms with van der Waals surface area (Å²) in [5.74, 6) is -0.381. The number of nitrogens with zero attached hydrogens (tertiary/aromatic N) is 3. The maximum atomic E-state index is 15.6. The SMILES string of the molecule is CC(C)N1CCn2c(c([C@@H]3CCCC[C@H]3F)c3ccc(C(=O)O)cc32)-c2ccc(OCc3cccnc3)cc2C1. The van der Waals surface area contributed by atoms with Crippen molar-refractivity contribution in [2.75, 3.05) is 6.54 Å². The molecule has 6 nitrogen and oxygen atoms in total. The molecule has 2 aliphatic rings. The Labute approximate surface area is 234 Å². The van der Waals surface area contributed by atoms with Crippen LogP contribution in [0.4, 0.5) is 4.39 Å². The third-order valence-electron chi connectivity index (χ3n) is 8.58. The van der Waals surface area contributed by atoms with Crippen LogP contribution < -0.4 is 4.74 Å². The quantitative estimate of drug-likeness (QED) is 0.280. The Bertz CT molecular complexity index is 1530. The molecule has 40 heavy (non-hydrogen) atoms. The average Bonchev–Trinajstić information content (AvgIpc) is 3.26. The molecule has 0 amide bonds. The van der Waals surface area contributed by atoms with Gasteiger partial charge in [0.1, 0.15) is 18.5 Å². The maximum Gasteiger partial charge on any atom is 0.335 e. The van der Waals surface area contributed by atoms with Crippen molar-refractivity contribution in [3.63, 3.8) is 0 Å². The Morgan fingerprint density at radius 1 is 1.12 bits per heavy atom. The number of pyridine rings is 1. The largest absolute Gasteiger partial charge is 0.489 e. The van der Waals surface area contributed by atoms with Crippen molar-refractivity contribution in [1.82, 2.24) is 14.5 Å². The minimum Gasteiger partial charge on any atom is -0.489 e. The number of halogens is 1. The molecular formula is C33H36FN3O3. The van der Waals surface area contributed by atoms with Gasteiger partial charge < -0.3 is 14.4 Å². The van der Waals surface area contributed by atoms with Crippen LogP contribution in [-0.4, -0.2) is 44.3 Å². The van der Waals surface area contributed by atoms with Crippen LogP contribution in [-0.2, 0) is 19.7 Å². The Balaban J connectivity index is 1.53. The fourth-order valence-corrected chi connectivity index (χ4v) is 6.46. The lowest BCUT2D eigenvalue weighted by Gasteiger charge is -2.32. The molecule has 7 heteroatoms. The smallest absolute Gasteiger partial charge is 0.335 e. The van der Waals surface area contributed by atoms with Crippen molar-refractivity contribution >= 4 is 16.9 Å². The highest BCUT2D eigenvalue weighted by Gasteiger charge is 2.34. The molecule has 1 aliphatic heterocycles. The summed E-state index contributed by atoms with van der Waals surface area (Å²) in [5.41, 5.74) is 6.39. The molecule has 0 saturated heterocycles. The standard InChI is InChI=1S/C33H36FN3O3/c1-21(2)36-14-15-37-30-17-23(33(38)39)9-11-28(30)31(27-7-3-4-8-29(27)34)32(37)26-12-10-25(16-24(26)19-36)40-20-22-6-5-13-35-18-22/h5-6,9-13,16-18,21,27,29H,3-4,7-8,14-15,19-20H2,1-2H3,(H,38,39)/t27-,29-/m1/s1. The zero-order valence-corrected chi connectivity index (χ0v) is 23.1. The molecule has 2 atom stereocenters. The Kier molecular flexibility index (Phi) is 7.32. The summed E-state index contributed by atoms with van der Waals surface area (Å²) in [4.78, 5) is 18.6. The first kappa shape index (κ1) is 26.5. The summed E-state index contributed by atoms with van der Waals surface area (Å²) in [6, 6.07) is 15.8. The van der Waals surface area contributed by atoms with Gasteiger partial charge in [-0.2, -0.15) is 0 Å². The van der Waals surface area contributed by atoms with Crippen LogP contribution in [0.15, 0.2) is 60.9 Å². The number of aromatic carboxylic acids is 1. The van der Waals surface area contributed by atoms with Crippen molar-refractivity contribution in [2.24, 2.45) is 0 Å².